The molecule has 1 amide bonds. The average molecular weight is 397 g/mol. The summed E-state index contributed by atoms with van der Waals surface area (Å²) in [6.45, 7) is 5.77. The Labute approximate surface area is 160 Å². The van der Waals surface area contributed by atoms with Crippen molar-refractivity contribution in [2.45, 2.75) is 68.6 Å². The minimum atomic E-state index is -4.64. The van der Waals surface area contributed by atoms with Gasteiger partial charge >= 0.3 is 6.18 Å². The van der Waals surface area contributed by atoms with Crippen molar-refractivity contribution in [3.05, 3.63) is 30.1 Å². The van der Waals surface area contributed by atoms with Gasteiger partial charge in [0.2, 0.25) is 11.7 Å². The molecule has 2 aromatic rings. The standard InChI is InChI=1S/C19H22F3N3OS/c1-11-7-6-8-12(2)25(11)17(26)13(3)27-16-14-9-4-5-10-15(14)23-18(24-16)19(20,21)22/h4-5,9-13H,6-8H2,1-3H3. The minimum absolute atomic E-state index is 0.0593. The molecule has 4 nitrogen and oxygen atoms in total. The van der Waals surface area contributed by atoms with Gasteiger partial charge in [-0.1, -0.05) is 30.0 Å². The van der Waals surface area contributed by atoms with Crippen molar-refractivity contribution >= 4 is 28.6 Å². The van der Waals surface area contributed by atoms with Gasteiger partial charge in [0.25, 0.3) is 0 Å². The first kappa shape index (κ1) is 19.9. The average Bonchev–Trinajstić information content (AvgIpc) is 2.60. The molecule has 1 aliphatic heterocycles. The summed E-state index contributed by atoms with van der Waals surface area (Å²) in [5.41, 5.74) is 0.224. The molecule has 1 saturated heterocycles. The van der Waals surface area contributed by atoms with E-state index in [0.717, 1.165) is 31.0 Å². The molecule has 8 heteroatoms. The second-order valence-corrected chi connectivity index (χ2v) is 8.33. The molecule has 1 aliphatic rings. The summed E-state index contributed by atoms with van der Waals surface area (Å²) in [6.07, 6.45) is -1.66. The number of rotatable bonds is 3. The number of amides is 1. The molecule has 0 bridgehead atoms. The lowest BCUT2D eigenvalue weighted by Crippen LogP contribution is -2.50. The van der Waals surface area contributed by atoms with Crippen molar-refractivity contribution in [2.24, 2.45) is 0 Å². The zero-order valence-corrected chi connectivity index (χ0v) is 16.3. The number of hydrogen-bond donors (Lipinski definition) is 0. The van der Waals surface area contributed by atoms with Crippen LogP contribution in [0.5, 0.6) is 0 Å². The van der Waals surface area contributed by atoms with E-state index in [-0.39, 0.29) is 28.5 Å². The third-order valence-electron chi connectivity index (χ3n) is 4.91. The molecule has 0 spiro atoms. The van der Waals surface area contributed by atoms with E-state index in [1.807, 2.05) is 18.7 Å². The number of likely N-dealkylation sites (tertiary alicyclic amines) is 1. The molecule has 27 heavy (non-hydrogen) atoms. The van der Waals surface area contributed by atoms with E-state index in [2.05, 4.69) is 9.97 Å². The molecule has 0 radical (unpaired) electrons. The first-order chi connectivity index (χ1) is 12.7. The molecule has 0 N–H and O–H groups in total. The predicted octanol–water partition coefficient (Wildman–Crippen LogP) is 4.92. The van der Waals surface area contributed by atoms with Crippen molar-refractivity contribution in [3.63, 3.8) is 0 Å². The fourth-order valence-corrected chi connectivity index (χ4v) is 4.54. The number of nitrogens with zero attached hydrogens (tertiary/aromatic N) is 3. The summed E-state index contributed by atoms with van der Waals surface area (Å²) >= 11 is 1.07. The highest BCUT2D eigenvalue weighted by molar-refractivity contribution is 8.00. The predicted molar refractivity (Wildman–Crippen MR) is 99.5 cm³/mol. The highest BCUT2D eigenvalue weighted by atomic mass is 32.2. The lowest BCUT2D eigenvalue weighted by Gasteiger charge is -2.40. The fraction of sp³-hybridized carbons (Fsp3) is 0.526. The molecule has 2 heterocycles. The van der Waals surface area contributed by atoms with E-state index >= 15 is 0 Å². The van der Waals surface area contributed by atoms with Crippen LogP contribution in [0.25, 0.3) is 10.9 Å². The maximum absolute atomic E-state index is 13.2. The smallest absolute Gasteiger partial charge is 0.336 e. The van der Waals surface area contributed by atoms with Gasteiger partial charge in [-0.2, -0.15) is 13.2 Å². The molecule has 0 aliphatic carbocycles. The van der Waals surface area contributed by atoms with E-state index in [1.165, 1.54) is 6.07 Å². The lowest BCUT2D eigenvalue weighted by atomic mass is 9.97. The van der Waals surface area contributed by atoms with E-state index in [9.17, 15) is 18.0 Å². The summed E-state index contributed by atoms with van der Waals surface area (Å²) in [7, 11) is 0. The van der Waals surface area contributed by atoms with Gasteiger partial charge in [-0.15, -0.1) is 0 Å². The van der Waals surface area contributed by atoms with Crippen molar-refractivity contribution < 1.29 is 18.0 Å². The van der Waals surface area contributed by atoms with Gasteiger partial charge in [-0.25, -0.2) is 9.97 Å². The maximum Gasteiger partial charge on any atom is 0.451 e. The zero-order valence-electron chi connectivity index (χ0n) is 15.5. The maximum atomic E-state index is 13.2. The Morgan fingerprint density at radius 2 is 1.81 bits per heavy atom. The number of carbonyl (C=O) groups excluding carboxylic acids is 1. The second-order valence-electron chi connectivity index (χ2n) is 7.00. The topological polar surface area (TPSA) is 46.1 Å². The van der Waals surface area contributed by atoms with Crippen LogP contribution in [0, 0.1) is 0 Å². The summed E-state index contributed by atoms with van der Waals surface area (Å²) in [5.74, 6) is -1.24. The van der Waals surface area contributed by atoms with Crippen LogP contribution in [0.1, 0.15) is 45.9 Å². The lowest BCUT2D eigenvalue weighted by molar-refractivity contribution is -0.145. The SMILES string of the molecule is CC(Sc1nc(C(F)(F)F)nc2ccccc12)C(=O)N1C(C)CCCC1C. The fourth-order valence-electron chi connectivity index (χ4n) is 3.55. The minimum Gasteiger partial charge on any atom is -0.336 e. The van der Waals surface area contributed by atoms with Gasteiger partial charge in [0.05, 0.1) is 10.8 Å². The van der Waals surface area contributed by atoms with Crippen molar-refractivity contribution in [1.82, 2.24) is 14.9 Å². The van der Waals surface area contributed by atoms with Crippen LogP contribution in [-0.2, 0) is 11.0 Å². The van der Waals surface area contributed by atoms with Crippen LogP contribution in [0.2, 0.25) is 0 Å². The molecule has 0 saturated carbocycles. The number of thioether (sulfide) groups is 1. The zero-order chi connectivity index (χ0) is 19.8. The first-order valence-corrected chi connectivity index (χ1v) is 9.89. The van der Waals surface area contributed by atoms with Crippen LogP contribution < -0.4 is 0 Å². The largest absolute Gasteiger partial charge is 0.451 e. The molecule has 3 unspecified atom stereocenters. The van der Waals surface area contributed by atoms with E-state index in [4.69, 9.17) is 0 Å². The van der Waals surface area contributed by atoms with Crippen LogP contribution in [-0.4, -0.2) is 38.1 Å². The normalized spacial score (nSPS) is 22.1. The Kier molecular flexibility index (Phi) is 5.65. The third-order valence-corrected chi connectivity index (χ3v) is 6.00. The number of alkyl halides is 3. The Bertz CT molecular complexity index is 833. The second kappa shape index (κ2) is 7.66. The summed E-state index contributed by atoms with van der Waals surface area (Å²) in [6, 6.07) is 6.84. The van der Waals surface area contributed by atoms with Crippen LogP contribution in [0.4, 0.5) is 13.2 Å². The number of carbonyl (C=O) groups is 1. The summed E-state index contributed by atoms with van der Waals surface area (Å²) in [5, 5.41) is 0.174. The van der Waals surface area contributed by atoms with Crippen molar-refractivity contribution in [3.8, 4) is 0 Å². The van der Waals surface area contributed by atoms with Crippen molar-refractivity contribution in [1.29, 1.82) is 0 Å². The Balaban J connectivity index is 1.92. The molecule has 1 aromatic heterocycles. The van der Waals surface area contributed by atoms with E-state index in [0.29, 0.717) is 5.39 Å². The Morgan fingerprint density at radius 1 is 1.19 bits per heavy atom. The number of piperidine rings is 1. The van der Waals surface area contributed by atoms with Crippen LogP contribution in [0.15, 0.2) is 29.3 Å². The number of fused-ring (bicyclic) bond motifs is 1. The van der Waals surface area contributed by atoms with E-state index in [1.54, 1.807) is 25.1 Å². The number of hydrogen-bond acceptors (Lipinski definition) is 4. The molecule has 3 atom stereocenters. The van der Waals surface area contributed by atoms with Gasteiger partial charge in [0, 0.05) is 17.5 Å². The molecular weight excluding hydrogens is 375 g/mol. The number of benzene rings is 1. The molecule has 1 fully saturated rings. The first-order valence-electron chi connectivity index (χ1n) is 9.01. The number of halogens is 3. The van der Waals surface area contributed by atoms with Crippen molar-refractivity contribution in [2.75, 3.05) is 0 Å². The van der Waals surface area contributed by atoms with Gasteiger partial charge in [-0.3, -0.25) is 4.79 Å². The summed E-state index contributed by atoms with van der Waals surface area (Å²) in [4.78, 5) is 22.2. The number of aromatic nitrogens is 2. The molecule has 1 aromatic carbocycles. The van der Waals surface area contributed by atoms with Crippen LogP contribution >= 0.6 is 11.8 Å². The number of para-hydroxylation sites is 1. The molecular formula is C19H22F3N3OS. The van der Waals surface area contributed by atoms with Gasteiger partial charge in [0.15, 0.2) is 0 Å². The monoisotopic (exact) mass is 397 g/mol. The van der Waals surface area contributed by atoms with Gasteiger partial charge in [0.1, 0.15) is 5.03 Å². The Hall–Kier alpha value is -1.83. The molecule has 3 rings (SSSR count). The van der Waals surface area contributed by atoms with Gasteiger partial charge in [-0.05, 0) is 46.1 Å². The van der Waals surface area contributed by atoms with E-state index < -0.39 is 17.3 Å². The van der Waals surface area contributed by atoms with Crippen LogP contribution in [0.3, 0.4) is 0 Å². The third kappa shape index (κ3) is 4.20. The molecule has 146 valence electrons. The quantitative estimate of drug-likeness (QED) is 0.545. The van der Waals surface area contributed by atoms with Gasteiger partial charge < -0.3 is 4.90 Å². The highest BCUT2D eigenvalue weighted by Crippen LogP contribution is 2.35. The Morgan fingerprint density at radius 3 is 2.44 bits per heavy atom. The summed E-state index contributed by atoms with van der Waals surface area (Å²) < 4.78 is 39.5. The highest BCUT2D eigenvalue weighted by Gasteiger charge is 2.37.